The summed E-state index contributed by atoms with van der Waals surface area (Å²) in [5.74, 6) is 0.592. The van der Waals surface area contributed by atoms with Gasteiger partial charge in [0.25, 0.3) is 0 Å². The number of benzene rings is 1. The van der Waals surface area contributed by atoms with Gasteiger partial charge in [-0.15, -0.1) is 21.5 Å². The number of aromatic nitrogens is 4. The molecule has 1 N–H and O–H groups in total. The van der Waals surface area contributed by atoms with Crippen molar-refractivity contribution in [2.75, 3.05) is 5.32 Å². The number of nitrogens with zero attached hydrogens (tertiary/aromatic N) is 4. The van der Waals surface area contributed by atoms with E-state index >= 15 is 0 Å². The minimum absolute atomic E-state index is 0.160. The summed E-state index contributed by atoms with van der Waals surface area (Å²) in [4.78, 5) is 15.4. The van der Waals surface area contributed by atoms with Gasteiger partial charge in [0.15, 0.2) is 5.82 Å². The second-order valence-corrected chi connectivity index (χ2v) is 8.07. The quantitative estimate of drug-likeness (QED) is 0.507. The molecule has 0 bridgehead atoms. The third kappa shape index (κ3) is 3.81. The Labute approximate surface area is 164 Å². The van der Waals surface area contributed by atoms with Crippen molar-refractivity contribution < 1.29 is 4.79 Å². The molecule has 6 nitrogen and oxygen atoms in total. The Morgan fingerprint density at radius 3 is 2.89 bits per heavy atom. The predicted octanol–water partition coefficient (Wildman–Crippen LogP) is 4.44. The van der Waals surface area contributed by atoms with Crippen LogP contribution in [0.15, 0.2) is 42.5 Å². The molecule has 0 spiro atoms. The first kappa shape index (κ1) is 17.6. The molecular weight excluding hydrogens is 378 g/mol. The van der Waals surface area contributed by atoms with Crippen molar-refractivity contribution in [2.45, 2.75) is 20.3 Å². The maximum Gasteiger partial charge on any atom is 0.248 e. The van der Waals surface area contributed by atoms with Crippen molar-refractivity contribution in [3.63, 3.8) is 0 Å². The summed E-state index contributed by atoms with van der Waals surface area (Å²) in [6, 6.07) is 11.8. The van der Waals surface area contributed by atoms with E-state index in [1.807, 2.05) is 43.3 Å². The zero-order valence-electron chi connectivity index (χ0n) is 14.8. The van der Waals surface area contributed by atoms with Crippen molar-refractivity contribution in [2.24, 2.45) is 0 Å². The van der Waals surface area contributed by atoms with E-state index in [2.05, 4.69) is 33.6 Å². The standard InChI is InChI=1S/C19H17N5OS2/c1-3-15-7-8-16(26-15)9-10-17(25)20-14-6-4-5-13(11-14)18-23-24-12(2)21-22-19(24)27-18/h4-11H,3H2,1-2H3,(H,20,25). The van der Waals surface area contributed by atoms with Gasteiger partial charge in [0.1, 0.15) is 5.01 Å². The van der Waals surface area contributed by atoms with Crippen LogP contribution in [-0.2, 0) is 11.2 Å². The summed E-state index contributed by atoms with van der Waals surface area (Å²) in [5.41, 5.74) is 1.66. The molecule has 27 heavy (non-hydrogen) atoms. The minimum Gasteiger partial charge on any atom is -0.322 e. The molecule has 0 fully saturated rings. The van der Waals surface area contributed by atoms with E-state index in [4.69, 9.17) is 0 Å². The van der Waals surface area contributed by atoms with Gasteiger partial charge in [0, 0.05) is 27.1 Å². The number of anilines is 1. The largest absolute Gasteiger partial charge is 0.322 e. The lowest BCUT2D eigenvalue weighted by atomic mass is 10.2. The van der Waals surface area contributed by atoms with E-state index in [9.17, 15) is 4.79 Å². The Balaban J connectivity index is 1.49. The summed E-state index contributed by atoms with van der Waals surface area (Å²) in [6.07, 6.45) is 4.41. The van der Waals surface area contributed by atoms with Crippen molar-refractivity contribution in [3.8, 4) is 10.6 Å². The number of hydrogen-bond donors (Lipinski definition) is 1. The molecule has 0 aliphatic rings. The first-order valence-corrected chi connectivity index (χ1v) is 10.1. The van der Waals surface area contributed by atoms with E-state index in [1.165, 1.54) is 16.2 Å². The average Bonchev–Trinajstić information content (AvgIpc) is 3.38. The van der Waals surface area contributed by atoms with Gasteiger partial charge in [0.2, 0.25) is 10.9 Å². The molecule has 0 aliphatic heterocycles. The number of fused-ring (bicyclic) bond motifs is 1. The van der Waals surface area contributed by atoms with E-state index < -0.39 is 0 Å². The highest BCUT2D eigenvalue weighted by molar-refractivity contribution is 7.19. The normalized spacial score (nSPS) is 11.5. The number of rotatable bonds is 5. The van der Waals surface area contributed by atoms with E-state index in [-0.39, 0.29) is 5.91 Å². The van der Waals surface area contributed by atoms with Crippen LogP contribution >= 0.6 is 22.7 Å². The Bertz CT molecular complexity index is 1140. The maximum absolute atomic E-state index is 12.2. The van der Waals surface area contributed by atoms with Crippen LogP contribution < -0.4 is 5.32 Å². The lowest BCUT2D eigenvalue weighted by Gasteiger charge is -2.03. The summed E-state index contributed by atoms with van der Waals surface area (Å²) >= 11 is 3.16. The van der Waals surface area contributed by atoms with Crippen LogP contribution in [0.5, 0.6) is 0 Å². The van der Waals surface area contributed by atoms with Crippen molar-refractivity contribution >= 4 is 45.3 Å². The van der Waals surface area contributed by atoms with E-state index in [0.29, 0.717) is 0 Å². The molecule has 0 aliphatic carbocycles. The lowest BCUT2D eigenvalue weighted by Crippen LogP contribution is -2.07. The number of nitrogens with one attached hydrogen (secondary N) is 1. The van der Waals surface area contributed by atoms with Gasteiger partial charge >= 0.3 is 0 Å². The number of carbonyl (C=O) groups excluding carboxylic acids is 1. The van der Waals surface area contributed by atoms with Crippen LogP contribution in [0.3, 0.4) is 0 Å². The molecule has 0 atom stereocenters. The molecule has 4 aromatic rings. The molecule has 1 aromatic carbocycles. The highest BCUT2D eigenvalue weighted by Gasteiger charge is 2.11. The Hall–Kier alpha value is -2.84. The third-order valence-corrected chi connectivity index (χ3v) is 6.10. The molecular formula is C19H17N5OS2. The van der Waals surface area contributed by atoms with Gasteiger partial charge in [0.05, 0.1) is 0 Å². The highest BCUT2D eigenvalue weighted by atomic mass is 32.1. The Morgan fingerprint density at radius 2 is 2.11 bits per heavy atom. The Morgan fingerprint density at radius 1 is 1.22 bits per heavy atom. The molecule has 0 saturated carbocycles. The topological polar surface area (TPSA) is 72.2 Å². The third-order valence-electron chi connectivity index (χ3n) is 3.95. The molecule has 4 rings (SSSR count). The van der Waals surface area contributed by atoms with E-state index in [0.717, 1.165) is 38.3 Å². The molecule has 3 aromatic heterocycles. The first-order chi connectivity index (χ1) is 13.1. The zero-order valence-corrected chi connectivity index (χ0v) is 16.5. The fourth-order valence-electron chi connectivity index (χ4n) is 2.58. The Kier molecular flexibility index (Phi) is 4.83. The average molecular weight is 396 g/mol. The van der Waals surface area contributed by atoms with Crippen LogP contribution in [0, 0.1) is 6.92 Å². The number of hydrogen-bond acceptors (Lipinski definition) is 6. The number of aryl methyl sites for hydroxylation is 2. The van der Waals surface area contributed by atoms with Crippen molar-refractivity contribution in [1.82, 2.24) is 19.8 Å². The first-order valence-electron chi connectivity index (χ1n) is 8.49. The summed E-state index contributed by atoms with van der Waals surface area (Å²) in [7, 11) is 0. The van der Waals surface area contributed by atoms with Crippen LogP contribution in [0.2, 0.25) is 0 Å². The highest BCUT2D eigenvalue weighted by Crippen LogP contribution is 2.27. The smallest absolute Gasteiger partial charge is 0.248 e. The molecule has 0 radical (unpaired) electrons. The van der Waals surface area contributed by atoms with Crippen molar-refractivity contribution in [3.05, 3.63) is 58.1 Å². The van der Waals surface area contributed by atoms with E-state index in [1.54, 1.807) is 21.9 Å². The second-order valence-electron chi connectivity index (χ2n) is 5.91. The summed E-state index contributed by atoms with van der Waals surface area (Å²) in [5, 5.41) is 16.4. The monoisotopic (exact) mass is 395 g/mol. The van der Waals surface area contributed by atoms with Gasteiger partial charge < -0.3 is 5.32 Å². The minimum atomic E-state index is -0.160. The molecule has 0 unspecified atom stereocenters. The SMILES string of the molecule is CCc1ccc(C=CC(=O)Nc2cccc(-c3nn4c(C)nnc4s3)c2)s1. The van der Waals surface area contributed by atoms with Crippen LogP contribution in [-0.4, -0.2) is 25.7 Å². The van der Waals surface area contributed by atoms with Crippen LogP contribution in [0.1, 0.15) is 22.5 Å². The molecule has 3 heterocycles. The van der Waals surface area contributed by atoms with Crippen LogP contribution in [0.4, 0.5) is 5.69 Å². The van der Waals surface area contributed by atoms with Gasteiger partial charge in [-0.05, 0) is 43.7 Å². The summed E-state index contributed by atoms with van der Waals surface area (Å²) < 4.78 is 1.72. The molecule has 0 saturated heterocycles. The zero-order chi connectivity index (χ0) is 18.8. The van der Waals surface area contributed by atoms with Crippen LogP contribution in [0.25, 0.3) is 21.6 Å². The maximum atomic E-state index is 12.2. The second kappa shape index (κ2) is 7.42. The fourth-order valence-corrected chi connectivity index (χ4v) is 4.31. The molecule has 8 heteroatoms. The molecule has 1 amide bonds. The van der Waals surface area contributed by atoms with Gasteiger partial charge in [-0.25, -0.2) is 0 Å². The van der Waals surface area contributed by atoms with Gasteiger partial charge in [-0.1, -0.05) is 30.4 Å². The van der Waals surface area contributed by atoms with Crippen molar-refractivity contribution in [1.29, 1.82) is 0 Å². The van der Waals surface area contributed by atoms with Gasteiger partial charge in [-0.2, -0.15) is 9.61 Å². The lowest BCUT2D eigenvalue weighted by molar-refractivity contribution is -0.111. The number of carbonyl (C=O) groups is 1. The molecule has 136 valence electrons. The predicted molar refractivity (Wildman–Crippen MR) is 110 cm³/mol. The summed E-state index contributed by atoms with van der Waals surface area (Å²) in [6.45, 7) is 3.99. The fraction of sp³-hybridized carbons (Fsp3) is 0.158. The van der Waals surface area contributed by atoms with Gasteiger partial charge in [-0.3, -0.25) is 4.79 Å². The number of thiophene rings is 1. The number of amides is 1.